The summed E-state index contributed by atoms with van der Waals surface area (Å²) in [6.45, 7) is 12.0. The smallest absolute Gasteiger partial charge is 0.243 e. The summed E-state index contributed by atoms with van der Waals surface area (Å²) in [6.07, 6.45) is 2.95. The Morgan fingerprint density at radius 2 is 1.87 bits per heavy atom. The highest BCUT2D eigenvalue weighted by atomic mass is 32.2. The third kappa shape index (κ3) is 3.90. The van der Waals surface area contributed by atoms with Crippen LogP contribution in [0.15, 0.2) is 0 Å². The minimum atomic E-state index is -0.881. The zero-order valence-electron chi connectivity index (χ0n) is 15.4. The van der Waals surface area contributed by atoms with Crippen LogP contribution in [0.1, 0.15) is 54.4 Å². The fourth-order valence-corrected chi connectivity index (χ4v) is 3.24. The van der Waals surface area contributed by atoms with Gasteiger partial charge in [0.25, 0.3) is 0 Å². The molecule has 1 heterocycles. The molecule has 6 heteroatoms. The van der Waals surface area contributed by atoms with Gasteiger partial charge in [-0.25, -0.2) is 0 Å². The van der Waals surface area contributed by atoms with Crippen molar-refractivity contribution in [3.63, 3.8) is 0 Å². The SMILES string of the molecule is CSC1CC(=O)N(C(C)(C)C(C)(C)C(=O)NCCC(C)C)C1=O. The molecule has 0 aliphatic carbocycles. The first-order valence-electron chi connectivity index (χ1n) is 8.14. The number of rotatable bonds is 7. The van der Waals surface area contributed by atoms with Crippen LogP contribution >= 0.6 is 11.8 Å². The summed E-state index contributed by atoms with van der Waals surface area (Å²) < 4.78 is 0. The first kappa shape index (κ1) is 20.0. The van der Waals surface area contributed by atoms with Gasteiger partial charge >= 0.3 is 0 Å². The van der Waals surface area contributed by atoms with Crippen molar-refractivity contribution >= 4 is 29.5 Å². The summed E-state index contributed by atoms with van der Waals surface area (Å²) in [5.41, 5.74) is -1.75. The fraction of sp³-hybridized carbons (Fsp3) is 0.824. The topological polar surface area (TPSA) is 66.5 Å². The predicted molar refractivity (Wildman–Crippen MR) is 94.1 cm³/mol. The second kappa shape index (κ2) is 7.24. The Labute approximate surface area is 143 Å². The van der Waals surface area contributed by atoms with E-state index in [-0.39, 0.29) is 29.4 Å². The molecule has 0 saturated carbocycles. The first-order valence-corrected chi connectivity index (χ1v) is 9.43. The number of carbonyl (C=O) groups is 3. The lowest BCUT2D eigenvalue weighted by molar-refractivity contribution is -0.153. The van der Waals surface area contributed by atoms with E-state index in [1.54, 1.807) is 27.7 Å². The van der Waals surface area contributed by atoms with Gasteiger partial charge < -0.3 is 5.32 Å². The normalized spacial score (nSPS) is 19.7. The molecule has 0 radical (unpaired) electrons. The zero-order chi connectivity index (χ0) is 18.0. The van der Waals surface area contributed by atoms with Gasteiger partial charge in [0.15, 0.2) is 0 Å². The highest BCUT2D eigenvalue weighted by Gasteiger charge is 2.54. The zero-order valence-corrected chi connectivity index (χ0v) is 16.2. The number of likely N-dealkylation sites (tertiary alicyclic amines) is 1. The molecule has 0 aromatic rings. The van der Waals surface area contributed by atoms with Gasteiger partial charge in [-0.05, 0) is 46.3 Å². The highest BCUT2D eigenvalue weighted by Crippen LogP contribution is 2.40. The molecule has 0 aromatic heterocycles. The number of hydrogen-bond acceptors (Lipinski definition) is 4. The van der Waals surface area contributed by atoms with Crippen LogP contribution in [-0.4, -0.2) is 46.2 Å². The molecule has 1 rings (SSSR count). The van der Waals surface area contributed by atoms with Crippen molar-refractivity contribution in [1.82, 2.24) is 10.2 Å². The molecule has 1 aliphatic heterocycles. The average Bonchev–Trinajstić information content (AvgIpc) is 2.72. The van der Waals surface area contributed by atoms with Crippen LogP contribution in [0.25, 0.3) is 0 Å². The molecular weight excluding hydrogens is 312 g/mol. The number of thioether (sulfide) groups is 1. The molecule has 1 saturated heterocycles. The van der Waals surface area contributed by atoms with Gasteiger partial charge in [0.2, 0.25) is 17.7 Å². The predicted octanol–water partition coefficient (Wildman–Crippen LogP) is 2.44. The molecule has 1 N–H and O–H groups in total. The Bertz CT molecular complexity index is 486. The van der Waals surface area contributed by atoms with Gasteiger partial charge in [0.05, 0.1) is 16.2 Å². The summed E-state index contributed by atoms with van der Waals surface area (Å²) in [4.78, 5) is 38.8. The van der Waals surface area contributed by atoms with Gasteiger partial charge in [-0.3, -0.25) is 19.3 Å². The third-order valence-corrected chi connectivity index (χ3v) is 5.99. The lowest BCUT2D eigenvalue weighted by Crippen LogP contribution is -2.61. The summed E-state index contributed by atoms with van der Waals surface area (Å²) in [7, 11) is 0. The van der Waals surface area contributed by atoms with Crippen molar-refractivity contribution in [3.05, 3.63) is 0 Å². The van der Waals surface area contributed by atoms with Gasteiger partial charge in [0.1, 0.15) is 0 Å². The van der Waals surface area contributed by atoms with Crippen LogP contribution in [0, 0.1) is 11.3 Å². The largest absolute Gasteiger partial charge is 0.356 e. The molecule has 1 unspecified atom stereocenters. The van der Waals surface area contributed by atoms with Crippen molar-refractivity contribution in [1.29, 1.82) is 0 Å². The number of carbonyl (C=O) groups excluding carboxylic acids is 3. The maximum Gasteiger partial charge on any atom is 0.243 e. The Balaban J connectivity index is 2.94. The number of imide groups is 1. The number of hydrogen-bond donors (Lipinski definition) is 1. The van der Waals surface area contributed by atoms with Crippen LogP contribution in [0.5, 0.6) is 0 Å². The second-order valence-corrected chi connectivity index (χ2v) is 8.66. The minimum Gasteiger partial charge on any atom is -0.356 e. The summed E-state index contributed by atoms with van der Waals surface area (Å²) >= 11 is 1.39. The van der Waals surface area contributed by atoms with Gasteiger partial charge in [-0.1, -0.05) is 13.8 Å². The van der Waals surface area contributed by atoms with Crippen molar-refractivity contribution in [2.45, 2.75) is 65.2 Å². The van der Waals surface area contributed by atoms with Crippen molar-refractivity contribution < 1.29 is 14.4 Å². The molecule has 0 spiro atoms. The number of nitrogens with zero attached hydrogens (tertiary/aromatic N) is 1. The van der Waals surface area contributed by atoms with E-state index in [9.17, 15) is 14.4 Å². The van der Waals surface area contributed by atoms with Crippen LogP contribution in [0.2, 0.25) is 0 Å². The number of nitrogens with one attached hydrogen (secondary N) is 1. The number of amides is 3. The van der Waals surface area contributed by atoms with Crippen LogP contribution < -0.4 is 5.32 Å². The van der Waals surface area contributed by atoms with Gasteiger partial charge in [-0.2, -0.15) is 11.8 Å². The van der Waals surface area contributed by atoms with Crippen LogP contribution in [0.3, 0.4) is 0 Å². The Morgan fingerprint density at radius 3 is 2.30 bits per heavy atom. The summed E-state index contributed by atoms with van der Waals surface area (Å²) in [5, 5.41) is 2.61. The van der Waals surface area contributed by atoms with E-state index in [4.69, 9.17) is 0 Å². The quantitative estimate of drug-likeness (QED) is 0.722. The molecule has 23 heavy (non-hydrogen) atoms. The monoisotopic (exact) mass is 342 g/mol. The Kier molecular flexibility index (Phi) is 6.30. The third-order valence-electron chi connectivity index (χ3n) is 5.05. The van der Waals surface area contributed by atoms with E-state index < -0.39 is 11.0 Å². The molecule has 0 aromatic carbocycles. The van der Waals surface area contributed by atoms with Crippen molar-refractivity contribution in [3.8, 4) is 0 Å². The van der Waals surface area contributed by atoms with E-state index >= 15 is 0 Å². The highest BCUT2D eigenvalue weighted by molar-refractivity contribution is 8.00. The second-order valence-electron chi connectivity index (χ2n) is 7.62. The van der Waals surface area contributed by atoms with Gasteiger partial charge in [0, 0.05) is 13.0 Å². The lowest BCUT2D eigenvalue weighted by Gasteiger charge is -2.45. The van der Waals surface area contributed by atoms with E-state index in [1.807, 2.05) is 6.26 Å². The maximum absolute atomic E-state index is 12.6. The Morgan fingerprint density at radius 1 is 1.30 bits per heavy atom. The lowest BCUT2D eigenvalue weighted by atomic mass is 9.72. The molecule has 1 fully saturated rings. The first-order chi connectivity index (χ1) is 10.5. The van der Waals surface area contributed by atoms with E-state index in [0.717, 1.165) is 6.42 Å². The summed E-state index contributed by atoms with van der Waals surface area (Å²) in [5.74, 6) is 0.00445. The summed E-state index contributed by atoms with van der Waals surface area (Å²) in [6, 6.07) is 0. The average molecular weight is 343 g/mol. The van der Waals surface area contributed by atoms with E-state index in [0.29, 0.717) is 12.5 Å². The van der Waals surface area contributed by atoms with E-state index in [2.05, 4.69) is 19.2 Å². The van der Waals surface area contributed by atoms with Crippen molar-refractivity contribution in [2.24, 2.45) is 11.3 Å². The van der Waals surface area contributed by atoms with Crippen molar-refractivity contribution in [2.75, 3.05) is 12.8 Å². The van der Waals surface area contributed by atoms with Crippen LogP contribution in [0.4, 0.5) is 0 Å². The molecule has 0 bridgehead atoms. The molecule has 3 amide bonds. The van der Waals surface area contributed by atoms with Crippen LogP contribution in [-0.2, 0) is 14.4 Å². The van der Waals surface area contributed by atoms with E-state index in [1.165, 1.54) is 16.7 Å². The molecule has 1 atom stereocenters. The molecule has 132 valence electrons. The molecule has 5 nitrogen and oxygen atoms in total. The van der Waals surface area contributed by atoms with Gasteiger partial charge in [-0.15, -0.1) is 0 Å². The maximum atomic E-state index is 12.6. The standard InChI is InChI=1S/C17H30N2O3S/c1-11(2)8-9-18-15(22)16(3,4)17(5,6)19-13(20)10-12(23-7)14(19)21/h11-12H,8-10H2,1-7H3,(H,18,22). The molecule has 1 aliphatic rings. The Hall–Kier alpha value is -1.04. The molecular formula is C17H30N2O3S. The minimum absolute atomic E-state index is 0.128. The fourth-order valence-electron chi connectivity index (χ4n) is 2.63.